The first-order valence-electron chi connectivity index (χ1n) is 7.08. The smallest absolute Gasteiger partial charge is 0.321 e. The number of anilines is 1. The molecule has 1 aliphatic heterocycles. The van der Waals surface area contributed by atoms with E-state index in [1.165, 1.54) is 6.42 Å². The van der Waals surface area contributed by atoms with Gasteiger partial charge in [-0.15, -0.1) is 0 Å². The summed E-state index contributed by atoms with van der Waals surface area (Å²) >= 11 is 0. The number of benzene rings is 1. The Hall–Kier alpha value is -1.71. The van der Waals surface area contributed by atoms with Gasteiger partial charge in [-0.05, 0) is 49.9 Å². The molecule has 1 aromatic carbocycles. The van der Waals surface area contributed by atoms with Crippen molar-refractivity contribution in [3.8, 4) is 5.75 Å². The van der Waals surface area contributed by atoms with Crippen LogP contribution in [0.5, 0.6) is 5.75 Å². The molecular formula is C15H22N2O2. The van der Waals surface area contributed by atoms with E-state index in [0.29, 0.717) is 0 Å². The standard InChI is InChI=1S/C15H22N2O2/c1-2-12-19-14-8-6-13(7-9-14)16-15(18)17-10-4-3-5-11-17/h6-9H,2-5,10-12H2,1H3,(H,16,18). The summed E-state index contributed by atoms with van der Waals surface area (Å²) in [6.07, 6.45) is 4.44. The molecule has 19 heavy (non-hydrogen) atoms. The molecule has 1 fully saturated rings. The number of ether oxygens (including phenoxy) is 1. The van der Waals surface area contributed by atoms with Gasteiger partial charge in [0.05, 0.1) is 6.61 Å². The fraction of sp³-hybridized carbons (Fsp3) is 0.533. The highest BCUT2D eigenvalue weighted by atomic mass is 16.5. The topological polar surface area (TPSA) is 41.6 Å². The zero-order chi connectivity index (χ0) is 13.5. The zero-order valence-electron chi connectivity index (χ0n) is 11.5. The number of hydrogen-bond acceptors (Lipinski definition) is 2. The van der Waals surface area contributed by atoms with E-state index in [1.54, 1.807) is 0 Å². The van der Waals surface area contributed by atoms with E-state index < -0.39 is 0 Å². The maximum atomic E-state index is 12.0. The maximum Gasteiger partial charge on any atom is 0.321 e. The van der Waals surface area contributed by atoms with Crippen molar-refractivity contribution in [3.63, 3.8) is 0 Å². The van der Waals surface area contributed by atoms with Crippen LogP contribution in [-0.2, 0) is 0 Å². The van der Waals surface area contributed by atoms with E-state index in [2.05, 4.69) is 12.2 Å². The number of piperidine rings is 1. The fourth-order valence-corrected chi connectivity index (χ4v) is 2.15. The molecule has 0 unspecified atom stereocenters. The van der Waals surface area contributed by atoms with Gasteiger partial charge >= 0.3 is 6.03 Å². The molecule has 4 nitrogen and oxygen atoms in total. The van der Waals surface area contributed by atoms with Crippen molar-refractivity contribution >= 4 is 11.7 Å². The highest BCUT2D eigenvalue weighted by Gasteiger charge is 2.16. The number of amides is 2. The maximum absolute atomic E-state index is 12.0. The highest BCUT2D eigenvalue weighted by molar-refractivity contribution is 5.89. The van der Waals surface area contributed by atoms with Gasteiger partial charge in [0.1, 0.15) is 5.75 Å². The minimum Gasteiger partial charge on any atom is -0.494 e. The average molecular weight is 262 g/mol. The van der Waals surface area contributed by atoms with Crippen LogP contribution >= 0.6 is 0 Å². The lowest BCUT2D eigenvalue weighted by molar-refractivity contribution is 0.200. The van der Waals surface area contributed by atoms with Crippen molar-refractivity contribution < 1.29 is 9.53 Å². The predicted molar refractivity (Wildman–Crippen MR) is 76.7 cm³/mol. The van der Waals surface area contributed by atoms with Crippen molar-refractivity contribution in [2.45, 2.75) is 32.6 Å². The van der Waals surface area contributed by atoms with Crippen LogP contribution in [0.4, 0.5) is 10.5 Å². The third-order valence-corrected chi connectivity index (χ3v) is 3.22. The van der Waals surface area contributed by atoms with Crippen molar-refractivity contribution in [2.24, 2.45) is 0 Å². The van der Waals surface area contributed by atoms with Gasteiger partial charge in [-0.3, -0.25) is 0 Å². The molecule has 0 aliphatic carbocycles. The lowest BCUT2D eigenvalue weighted by Crippen LogP contribution is -2.38. The highest BCUT2D eigenvalue weighted by Crippen LogP contribution is 2.17. The Kier molecular flexibility index (Phi) is 5.07. The van der Waals surface area contributed by atoms with Crippen LogP contribution in [0.1, 0.15) is 32.6 Å². The quantitative estimate of drug-likeness (QED) is 0.902. The molecular weight excluding hydrogens is 240 g/mol. The van der Waals surface area contributed by atoms with Crippen LogP contribution in [-0.4, -0.2) is 30.6 Å². The summed E-state index contributed by atoms with van der Waals surface area (Å²) in [5.74, 6) is 0.845. The number of likely N-dealkylation sites (tertiary alicyclic amines) is 1. The van der Waals surface area contributed by atoms with E-state index in [-0.39, 0.29) is 6.03 Å². The number of carbonyl (C=O) groups excluding carboxylic acids is 1. The summed E-state index contributed by atoms with van der Waals surface area (Å²) in [7, 11) is 0. The predicted octanol–water partition coefficient (Wildman–Crippen LogP) is 3.49. The van der Waals surface area contributed by atoms with Crippen LogP contribution in [0.2, 0.25) is 0 Å². The van der Waals surface area contributed by atoms with Crippen molar-refractivity contribution in [2.75, 3.05) is 25.0 Å². The second-order valence-corrected chi connectivity index (χ2v) is 4.85. The monoisotopic (exact) mass is 262 g/mol. The summed E-state index contributed by atoms with van der Waals surface area (Å²) in [5, 5.41) is 2.93. The van der Waals surface area contributed by atoms with Crippen LogP contribution in [0.15, 0.2) is 24.3 Å². The third kappa shape index (κ3) is 4.16. The normalized spacial score (nSPS) is 15.1. The second-order valence-electron chi connectivity index (χ2n) is 4.85. The first kappa shape index (κ1) is 13.7. The van der Waals surface area contributed by atoms with Gasteiger partial charge in [0.2, 0.25) is 0 Å². The molecule has 0 aromatic heterocycles. The number of nitrogens with zero attached hydrogens (tertiary/aromatic N) is 1. The number of hydrogen-bond donors (Lipinski definition) is 1. The van der Waals surface area contributed by atoms with Crippen LogP contribution in [0.3, 0.4) is 0 Å². The number of rotatable bonds is 4. The Morgan fingerprint density at radius 3 is 2.53 bits per heavy atom. The molecule has 2 rings (SSSR count). The Balaban J connectivity index is 1.86. The van der Waals surface area contributed by atoms with Gasteiger partial charge in [-0.1, -0.05) is 6.92 Å². The molecule has 0 saturated carbocycles. The van der Waals surface area contributed by atoms with Gasteiger partial charge < -0.3 is 15.0 Å². The first-order valence-corrected chi connectivity index (χ1v) is 7.08. The molecule has 1 N–H and O–H groups in total. The molecule has 1 saturated heterocycles. The largest absolute Gasteiger partial charge is 0.494 e. The third-order valence-electron chi connectivity index (χ3n) is 3.22. The number of urea groups is 1. The average Bonchev–Trinajstić information content (AvgIpc) is 2.47. The summed E-state index contributed by atoms with van der Waals surface area (Å²) in [6, 6.07) is 7.55. The van der Waals surface area contributed by atoms with Crippen molar-refractivity contribution in [1.82, 2.24) is 4.90 Å². The summed E-state index contributed by atoms with van der Waals surface area (Å²) < 4.78 is 5.51. The van der Waals surface area contributed by atoms with Crippen molar-refractivity contribution in [1.29, 1.82) is 0 Å². The summed E-state index contributed by atoms with van der Waals surface area (Å²) in [6.45, 7) is 4.53. The molecule has 0 bridgehead atoms. The lowest BCUT2D eigenvalue weighted by atomic mass is 10.1. The van der Waals surface area contributed by atoms with E-state index >= 15 is 0 Å². The van der Waals surface area contributed by atoms with E-state index in [0.717, 1.165) is 50.4 Å². The number of carbonyl (C=O) groups is 1. The van der Waals surface area contributed by atoms with E-state index in [9.17, 15) is 4.79 Å². The Bertz CT molecular complexity index is 397. The molecule has 4 heteroatoms. The second kappa shape index (κ2) is 7.02. The minimum absolute atomic E-state index is 0.00178. The van der Waals surface area contributed by atoms with Gasteiger partial charge in [-0.2, -0.15) is 0 Å². The van der Waals surface area contributed by atoms with Crippen LogP contribution in [0, 0.1) is 0 Å². The SMILES string of the molecule is CCCOc1ccc(NC(=O)N2CCCCC2)cc1. The van der Waals surface area contributed by atoms with Crippen molar-refractivity contribution in [3.05, 3.63) is 24.3 Å². The fourth-order valence-electron chi connectivity index (χ4n) is 2.15. The molecule has 1 aromatic rings. The zero-order valence-corrected chi connectivity index (χ0v) is 11.5. The molecule has 0 atom stereocenters. The molecule has 0 radical (unpaired) electrons. The van der Waals surface area contributed by atoms with E-state index in [4.69, 9.17) is 4.74 Å². The molecule has 0 spiro atoms. The summed E-state index contributed by atoms with van der Waals surface area (Å²) in [4.78, 5) is 13.9. The molecule has 1 heterocycles. The van der Waals surface area contributed by atoms with Gasteiger partial charge in [0.25, 0.3) is 0 Å². The first-order chi connectivity index (χ1) is 9.29. The minimum atomic E-state index is 0.00178. The van der Waals surface area contributed by atoms with Crippen LogP contribution < -0.4 is 10.1 Å². The van der Waals surface area contributed by atoms with Crippen LogP contribution in [0.25, 0.3) is 0 Å². The molecule has 104 valence electrons. The van der Waals surface area contributed by atoms with Gasteiger partial charge in [0, 0.05) is 18.8 Å². The number of nitrogens with one attached hydrogen (secondary N) is 1. The van der Waals surface area contributed by atoms with Gasteiger partial charge in [0.15, 0.2) is 0 Å². The van der Waals surface area contributed by atoms with E-state index in [1.807, 2.05) is 29.2 Å². The Morgan fingerprint density at radius 2 is 1.89 bits per heavy atom. The Labute approximate surface area is 114 Å². The lowest BCUT2D eigenvalue weighted by Gasteiger charge is -2.26. The summed E-state index contributed by atoms with van der Waals surface area (Å²) in [5.41, 5.74) is 0.819. The Morgan fingerprint density at radius 1 is 1.21 bits per heavy atom. The van der Waals surface area contributed by atoms with Gasteiger partial charge in [-0.25, -0.2) is 4.79 Å². The molecule has 2 amide bonds. The molecule has 1 aliphatic rings.